The van der Waals surface area contributed by atoms with E-state index in [1.807, 2.05) is 6.92 Å². The standard InChI is InChI=1S/C18H27N3O2S/c1-12(2)8-16-11-24-18(20(16)10-13(3)4)19-17-7-6-15(21(22)23)9-14(17)5/h6-7,9,12-13,16H,8,10-11H2,1-5H3/b19-18-/t16-/m0/s1. The van der Waals surface area contributed by atoms with Gasteiger partial charge < -0.3 is 4.90 Å². The van der Waals surface area contributed by atoms with Crippen LogP contribution in [0.1, 0.15) is 39.7 Å². The number of nitro groups is 1. The van der Waals surface area contributed by atoms with Gasteiger partial charge in [-0.2, -0.15) is 0 Å². The van der Waals surface area contributed by atoms with Crippen LogP contribution in [0.4, 0.5) is 11.4 Å². The van der Waals surface area contributed by atoms with Gasteiger partial charge in [-0.3, -0.25) is 10.1 Å². The number of benzene rings is 1. The Bertz CT molecular complexity index is 629. The molecule has 1 aromatic rings. The largest absolute Gasteiger partial charge is 0.347 e. The third-order valence-corrected chi connectivity index (χ3v) is 5.14. The van der Waals surface area contributed by atoms with Crippen molar-refractivity contribution in [2.24, 2.45) is 16.8 Å². The van der Waals surface area contributed by atoms with E-state index in [0.717, 1.165) is 35.1 Å². The summed E-state index contributed by atoms with van der Waals surface area (Å²) in [5, 5.41) is 11.9. The maximum Gasteiger partial charge on any atom is 0.269 e. The van der Waals surface area contributed by atoms with Crippen molar-refractivity contribution in [2.45, 2.75) is 47.1 Å². The number of non-ortho nitro benzene ring substituents is 1. The Hall–Kier alpha value is -1.56. The first kappa shape index (κ1) is 18.8. The van der Waals surface area contributed by atoms with E-state index in [1.165, 1.54) is 6.07 Å². The van der Waals surface area contributed by atoms with Crippen molar-refractivity contribution in [3.8, 4) is 0 Å². The first-order chi connectivity index (χ1) is 11.3. The van der Waals surface area contributed by atoms with E-state index in [2.05, 4.69) is 32.6 Å². The molecule has 0 N–H and O–H groups in total. The molecule has 0 saturated carbocycles. The molecule has 1 aliphatic heterocycles. The summed E-state index contributed by atoms with van der Waals surface area (Å²) < 4.78 is 0. The summed E-state index contributed by atoms with van der Waals surface area (Å²) in [6, 6.07) is 5.40. The first-order valence-corrected chi connectivity index (χ1v) is 9.49. The highest BCUT2D eigenvalue weighted by molar-refractivity contribution is 8.14. The van der Waals surface area contributed by atoms with Crippen LogP contribution >= 0.6 is 11.8 Å². The van der Waals surface area contributed by atoms with Crippen molar-refractivity contribution < 1.29 is 4.92 Å². The van der Waals surface area contributed by atoms with Gasteiger partial charge in [-0.1, -0.05) is 39.5 Å². The molecule has 6 heteroatoms. The number of aryl methyl sites for hydroxylation is 1. The van der Waals surface area contributed by atoms with Crippen LogP contribution in [0, 0.1) is 28.9 Å². The van der Waals surface area contributed by atoms with E-state index in [1.54, 1.807) is 23.9 Å². The molecule has 0 aliphatic carbocycles. The zero-order valence-electron chi connectivity index (χ0n) is 15.2. The fraction of sp³-hybridized carbons (Fsp3) is 0.611. The van der Waals surface area contributed by atoms with Crippen LogP contribution in [-0.2, 0) is 0 Å². The molecule has 24 heavy (non-hydrogen) atoms. The summed E-state index contributed by atoms with van der Waals surface area (Å²) in [5.74, 6) is 2.29. The van der Waals surface area contributed by atoms with E-state index in [9.17, 15) is 10.1 Å². The van der Waals surface area contributed by atoms with Crippen LogP contribution in [-0.4, -0.2) is 33.3 Å². The van der Waals surface area contributed by atoms with Crippen molar-refractivity contribution in [1.29, 1.82) is 0 Å². The molecule has 1 heterocycles. The molecule has 132 valence electrons. The third-order valence-electron chi connectivity index (χ3n) is 4.00. The molecule has 2 rings (SSSR count). The average Bonchev–Trinajstić information content (AvgIpc) is 2.82. The van der Waals surface area contributed by atoms with Gasteiger partial charge in [0.05, 0.1) is 10.6 Å². The summed E-state index contributed by atoms with van der Waals surface area (Å²) in [6.45, 7) is 11.8. The fourth-order valence-corrected chi connectivity index (χ4v) is 4.15. The lowest BCUT2D eigenvalue weighted by atomic mass is 10.0. The second-order valence-corrected chi connectivity index (χ2v) is 8.25. The maximum atomic E-state index is 10.9. The Morgan fingerprint density at radius 3 is 2.58 bits per heavy atom. The van der Waals surface area contributed by atoms with Gasteiger partial charge >= 0.3 is 0 Å². The zero-order valence-corrected chi connectivity index (χ0v) is 16.0. The quantitative estimate of drug-likeness (QED) is 0.535. The normalized spacial score (nSPS) is 19.7. The van der Waals surface area contributed by atoms with Crippen molar-refractivity contribution in [3.63, 3.8) is 0 Å². The molecule has 0 unspecified atom stereocenters. The summed E-state index contributed by atoms with van der Waals surface area (Å²) in [4.78, 5) is 17.8. The Kier molecular flexibility index (Phi) is 6.27. The molecule has 1 aromatic carbocycles. The predicted molar refractivity (Wildman–Crippen MR) is 102 cm³/mol. The van der Waals surface area contributed by atoms with Crippen molar-refractivity contribution in [2.75, 3.05) is 12.3 Å². The van der Waals surface area contributed by atoms with E-state index in [0.29, 0.717) is 17.9 Å². The van der Waals surface area contributed by atoms with Gasteiger partial charge in [0.1, 0.15) is 0 Å². The molecule has 0 bridgehead atoms. The zero-order chi connectivity index (χ0) is 17.9. The SMILES string of the molecule is Cc1cc([N+](=O)[O-])ccc1/N=C1\SC[C@H](CC(C)C)N1CC(C)C. The van der Waals surface area contributed by atoms with Crippen molar-refractivity contribution in [3.05, 3.63) is 33.9 Å². The second kappa shape index (κ2) is 8.01. The number of thioether (sulfide) groups is 1. The lowest BCUT2D eigenvalue weighted by molar-refractivity contribution is -0.384. The number of hydrogen-bond donors (Lipinski definition) is 0. The van der Waals surface area contributed by atoms with Gasteiger partial charge in [0, 0.05) is 30.5 Å². The second-order valence-electron chi connectivity index (χ2n) is 7.26. The predicted octanol–water partition coefficient (Wildman–Crippen LogP) is 5.01. The molecule has 1 saturated heterocycles. The summed E-state index contributed by atoms with van der Waals surface area (Å²) in [5.41, 5.74) is 1.78. The smallest absolute Gasteiger partial charge is 0.269 e. The van der Waals surface area contributed by atoms with Crippen LogP contribution in [0.2, 0.25) is 0 Å². The fourth-order valence-electron chi connectivity index (χ4n) is 2.94. The molecule has 1 fully saturated rings. The molecular formula is C18H27N3O2S. The monoisotopic (exact) mass is 349 g/mol. The van der Waals surface area contributed by atoms with Crippen LogP contribution < -0.4 is 0 Å². The average molecular weight is 350 g/mol. The molecule has 0 aromatic heterocycles. The highest BCUT2D eigenvalue weighted by Gasteiger charge is 2.31. The van der Waals surface area contributed by atoms with Gasteiger partial charge in [0.15, 0.2) is 5.17 Å². The molecular weight excluding hydrogens is 322 g/mol. The minimum atomic E-state index is -0.363. The van der Waals surface area contributed by atoms with Crippen LogP contribution in [0.5, 0.6) is 0 Å². The Balaban J connectivity index is 2.28. The molecule has 0 radical (unpaired) electrons. The lowest BCUT2D eigenvalue weighted by Gasteiger charge is -2.28. The summed E-state index contributed by atoms with van der Waals surface area (Å²) in [7, 11) is 0. The van der Waals surface area contributed by atoms with Crippen LogP contribution in [0.25, 0.3) is 0 Å². The number of aliphatic imine (C=N–C) groups is 1. The minimum absolute atomic E-state index is 0.118. The summed E-state index contributed by atoms with van der Waals surface area (Å²) >= 11 is 1.80. The van der Waals surface area contributed by atoms with E-state index < -0.39 is 0 Å². The van der Waals surface area contributed by atoms with Gasteiger partial charge in [-0.15, -0.1) is 0 Å². The van der Waals surface area contributed by atoms with Gasteiger partial charge in [0.2, 0.25) is 0 Å². The van der Waals surface area contributed by atoms with Gasteiger partial charge in [-0.25, -0.2) is 4.99 Å². The van der Waals surface area contributed by atoms with Crippen LogP contribution in [0.3, 0.4) is 0 Å². The number of hydrogen-bond acceptors (Lipinski definition) is 4. The Morgan fingerprint density at radius 1 is 1.33 bits per heavy atom. The number of amidine groups is 1. The number of rotatable bonds is 6. The molecule has 1 aliphatic rings. The molecule has 0 amide bonds. The highest BCUT2D eigenvalue weighted by Crippen LogP contribution is 2.32. The van der Waals surface area contributed by atoms with Crippen molar-refractivity contribution >= 4 is 28.3 Å². The van der Waals surface area contributed by atoms with E-state index in [-0.39, 0.29) is 10.6 Å². The number of nitrogens with zero attached hydrogens (tertiary/aromatic N) is 3. The van der Waals surface area contributed by atoms with Crippen molar-refractivity contribution in [1.82, 2.24) is 4.90 Å². The van der Waals surface area contributed by atoms with E-state index >= 15 is 0 Å². The highest BCUT2D eigenvalue weighted by atomic mass is 32.2. The Morgan fingerprint density at radius 2 is 2.04 bits per heavy atom. The number of nitro benzene ring substituents is 1. The molecule has 0 spiro atoms. The van der Waals surface area contributed by atoms with Crippen LogP contribution in [0.15, 0.2) is 23.2 Å². The lowest BCUT2D eigenvalue weighted by Crippen LogP contribution is -2.37. The Labute approximate surface area is 148 Å². The third kappa shape index (κ3) is 4.72. The van der Waals surface area contributed by atoms with Gasteiger partial charge in [-0.05, 0) is 36.8 Å². The van der Waals surface area contributed by atoms with E-state index in [4.69, 9.17) is 4.99 Å². The molecule has 1 atom stereocenters. The first-order valence-electron chi connectivity index (χ1n) is 8.51. The minimum Gasteiger partial charge on any atom is -0.347 e. The molecule has 5 nitrogen and oxygen atoms in total. The maximum absolute atomic E-state index is 10.9. The topological polar surface area (TPSA) is 58.7 Å². The summed E-state index contributed by atoms with van der Waals surface area (Å²) in [6.07, 6.45) is 1.16. The van der Waals surface area contributed by atoms with Gasteiger partial charge in [0.25, 0.3) is 5.69 Å².